The Morgan fingerprint density at radius 3 is 2.74 bits per heavy atom. The number of rotatable bonds is 5. The maximum absolute atomic E-state index is 11.6. The lowest BCUT2D eigenvalue weighted by atomic mass is 10.1. The van der Waals surface area contributed by atoms with Crippen molar-refractivity contribution < 1.29 is 4.79 Å². The Morgan fingerprint density at radius 2 is 2.09 bits per heavy atom. The van der Waals surface area contributed by atoms with E-state index in [4.69, 9.17) is 11.6 Å². The Balaban J connectivity index is 2.19. The fourth-order valence-electron chi connectivity index (χ4n) is 2.52. The third-order valence-electron chi connectivity index (χ3n) is 3.52. The van der Waals surface area contributed by atoms with Crippen molar-refractivity contribution in [2.75, 3.05) is 0 Å². The first-order chi connectivity index (χ1) is 10.9. The number of carbonyl (C=O) groups excluding carboxylic acids is 1. The molecule has 1 aromatic carbocycles. The SMILES string of the molecule is Cc1cc(/C=N\NC(=O)CC(C)C)c(C)n1-c1cccc(Cl)c1. The minimum Gasteiger partial charge on any atom is -0.318 e. The fourth-order valence-corrected chi connectivity index (χ4v) is 2.71. The zero-order valence-corrected chi connectivity index (χ0v) is 14.7. The summed E-state index contributed by atoms with van der Waals surface area (Å²) < 4.78 is 2.11. The Morgan fingerprint density at radius 1 is 1.35 bits per heavy atom. The normalized spacial score (nSPS) is 11.4. The van der Waals surface area contributed by atoms with E-state index in [1.54, 1.807) is 6.21 Å². The molecule has 4 nitrogen and oxygen atoms in total. The van der Waals surface area contributed by atoms with Crippen LogP contribution in [0.5, 0.6) is 0 Å². The molecular formula is C18H22ClN3O. The smallest absolute Gasteiger partial charge is 0.240 e. The van der Waals surface area contributed by atoms with Crippen molar-refractivity contribution in [3.63, 3.8) is 0 Å². The standard InChI is InChI=1S/C18H22ClN3O/c1-12(2)8-18(23)21-20-11-15-9-13(3)22(14(15)4)17-7-5-6-16(19)10-17/h5-7,9-12H,8H2,1-4H3,(H,21,23)/b20-11-. The molecule has 0 fully saturated rings. The van der Waals surface area contributed by atoms with Gasteiger partial charge in [0.05, 0.1) is 6.21 Å². The zero-order chi connectivity index (χ0) is 17.0. The molecule has 1 aromatic heterocycles. The number of nitrogens with one attached hydrogen (secondary N) is 1. The van der Waals surface area contributed by atoms with E-state index in [-0.39, 0.29) is 5.91 Å². The highest BCUT2D eigenvalue weighted by molar-refractivity contribution is 6.30. The predicted octanol–water partition coefficient (Wildman–Crippen LogP) is 4.24. The molecule has 0 saturated carbocycles. The lowest BCUT2D eigenvalue weighted by Gasteiger charge is -2.09. The van der Waals surface area contributed by atoms with Crippen LogP contribution in [-0.4, -0.2) is 16.7 Å². The lowest BCUT2D eigenvalue weighted by molar-refractivity contribution is -0.121. The summed E-state index contributed by atoms with van der Waals surface area (Å²) >= 11 is 6.08. The summed E-state index contributed by atoms with van der Waals surface area (Å²) in [6.07, 6.45) is 2.15. The number of aryl methyl sites for hydroxylation is 1. The number of halogens is 1. The molecule has 0 spiro atoms. The van der Waals surface area contributed by atoms with Crippen LogP contribution < -0.4 is 5.43 Å². The summed E-state index contributed by atoms with van der Waals surface area (Å²) in [5.74, 6) is 0.248. The van der Waals surface area contributed by atoms with Gasteiger partial charge in [0, 0.05) is 34.1 Å². The molecule has 0 aliphatic rings. The summed E-state index contributed by atoms with van der Waals surface area (Å²) in [7, 11) is 0. The third-order valence-corrected chi connectivity index (χ3v) is 3.76. The molecule has 23 heavy (non-hydrogen) atoms. The van der Waals surface area contributed by atoms with Gasteiger partial charge >= 0.3 is 0 Å². The van der Waals surface area contributed by atoms with Crippen LogP contribution in [0.4, 0.5) is 0 Å². The molecule has 0 aliphatic carbocycles. The predicted molar refractivity (Wildman–Crippen MR) is 95.4 cm³/mol. The van der Waals surface area contributed by atoms with Crippen molar-refractivity contribution in [3.8, 4) is 5.69 Å². The summed E-state index contributed by atoms with van der Waals surface area (Å²) in [5, 5.41) is 4.76. The molecular weight excluding hydrogens is 310 g/mol. The van der Waals surface area contributed by atoms with E-state index in [0.29, 0.717) is 17.4 Å². The van der Waals surface area contributed by atoms with Crippen molar-refractivity contribution in [2.45, 2.75) is 34.1 Å². The third kappa shape index (κ3) is 4.45. The first-order valence-electron chi connectivity index (χ1n) is 7.65. The van der Waals surface area contributed by atoms with Gasteiger partial charge in [-0.3, -0.25) is 4.79 Å². The number of hydrogen-bond donors (Lipinski definition) is 1. The van der Waals surface area contributed by atoms with Gasteiger partial charge in [-0.05, 0) is 44.0 Å². The zero-order valence-electron chi connectivity index (χ0n) is 13.9. The van der Waals surface area contributed by atoms with Gasteiger partial charge in [-0.15, -0.1) is 0 Å². The number of hydrazone groups is 1. The van der Waals surface area contributed by atoms with E-state index in [9.17, 15) is 4.79 Å². The number of carbonyl (C=O) groups is 1. The fraction of sp³-hybridized carbons (Fsp3) is 0.333. The van der Waals surface area contributed by atoms with Gasteiger partial charge in [0.15, 0.2) is 0 Å². The second-order valence-electron chi connectivity index (χ2n) is 6.03. The van der Waals surface area contributed by atoms with E-state index in [2.05, 4.69) is 15.1 Å². The van der Waals surface area contributed by atoms with Crippen LogP contribution in [0.2, 0.25) is 5.02 Å². The van der Waals surface area contributed by atoms with E-state index in [1.807, 2.05) is 58.0 Å². The average molecular weight is 332 g/mol. The molecule has 122 valence electrons. The van der Waals surface area contributed by atoms with Crippen molar-refractivity contribution >= 4 is 23.7 Å². The first kappa shape index (κ1) is 17.3. The van der Waals surface area contributed by atoms with Crippen molar-refractivity contribution in [3.05, 3.63) is 52.3 Å². The van der Waals surface area contributed by atoms with Gasteiger partial charge in [0.2, 0.25) is 5.91 Å². The van der Waals surface area contributed by atoms with Gasteiger partial charge < -0.3 is 4.57 Å². The van der Waals surface area contributed by atoms with Gasteiger partial charge in [-0.1, -0.05) is 31.5 Å². The highest BCUT2D eigenvalue weighted by Crippen LogP contribution is 2.22. The Bertz CT molecular complexity index is 732. The highest BCUT2D eigenvalue weighted by Gasteiger charge is 2.10. The molecule has 0 atom stereocenters. The maximum Gasteiger partial charge on any atom is 0.240 e. The van der Waals surface area contributed by atoms with Crippen LogP contribution >= 0.6 is 11.6 Å². The molecule has 0 aliphatic heterocycles. The van der Waals surface area contributed by atoms with Crippen LogP contribution in [0.1, 0.15) is 37.2 Å². The van der Waals surface area contributed by atoms with Gasteiger partial charge in [0.1, 0.15) is 0 Å². The maximum atomic E-state index is 11.6. The van der Waals surface area contributed by atoms with Crippen LogP contribution in [0.3, 0.4) is 0 Å². The van der Waals surface area contributed by atoms with E-state index in [1.165, 1.54) is 0 Å². The molecule has 0 saturated heterocycles. The molecule has 0 bridgehead atoms. The molecule has 2 rings (SSSR count). The average Bonchev–Trinajstić information content (AvgIpc) is 2.72. The monoisotopic (exact) mass is 331 g/mol. The van der Waals surface area contributed by atoms with Crippen molar-refractivity contribution in [1.82, 2.24) is 9.99 Å². The Hall–Kier alpha value is -2.07. The van der Waals surface area contributed by atoms with Crippen LogP contribution in [-0.2, 0) is 4.79 Å². The van der Waals surface area contributed by atoms with Crippen molar-refractivity contribution in [1.29, 1.82) is 0 Å². The summed E-state index contributed by atoms with van der Waals surface area (Å²) in [5.41, 5.74) is 6.67. The molecule has 1 N–H and O–H groups in total. The quantitative estimate of drug-likeness (QED) is 0.646. The number of benzene rings is 1. The molecule has 0 radical (unpaired) electrons. The van der Waals surface area contributed by atoms with E-state index in [0.717, 1.165) is 22.6 Å². The van der Waals surface area contributed by atoms with Gasteiger partial charge in [-0.2, -0.15) is 5.10 Å². The largest absolute Gasteiger partial charge is 0.318 e. The van der Waals surface area contributed by atoms with Crippen LogP contribution in [0.25, 0.3) is 5.69 Å². The minimum absolute atomic E-state index is 0.0695. The number of hydrogen-bond acceptors (Lipinski definition) is 2. The Kier molecular flexibility index (Phi) is 5.61. The molecule has 2 aromatic rings. The first-order valence-corrected chi connectivity index (χ1v) is 8.03. The van der Waals surface area contributed by atoms with Crippen LogP contribution in [0.15, 0.2) is 35.4 Å². The van der Waals surface area contributed by atoms with Gasteiger partial charge in [0.25, 0.3) is 0 Å². The van der Waals surface area contributed by atoms with E-state index >= 15 is 0 Å². The second-order valence-corrected chi connectivity index (χ2v) is 6.47. The minimum atomic E-state index is -0.0695. The topological polar surface area (TPSA) is 46.4 Å². The highest BCUT2D eigenvalue weighted by atomic mass is 35.5. The van der Waals surface area contributed by atoms with Crippen molar-refractivity contribution in [2.24, 2.45) is 11.0 Å². The summed E-state index contributed by atoms with van der Waals surface area (Å²) in [6, 6.07) is 9.75. The molecule has 1 amide bonds. The van der Waals surface area contributed by atoms with Crippen LogP contribution in [0, 0.1) is 19.8 Å². The second kappa shape index (κ2) is 7.47. The molecule has 0 unspecified atom stereocenters. The number of amides is 1. The Labute approximate surface area is 142 Å². The van der Waals surface area contributed by atoms with Gasteiger partial charge in [-0.25, -0.2) is 5.43 Å². The molecule has 1 heterocycles. The summed E-state index contributed by atoms with van der Waals surface area (Å²) in [4.78, 5) is 11.6. The number of aromatic nitrogens is 1. The lowest BCUT2D eigenvalue weighted by Crippen LogP contribution is -2.19. The number of nitrogens with zero attached hydrogens (tertiary/aromatic N) is 2. The molecule has 5 heteroatoms. The summed E-state index contributed by atoms with van der Waals surface area (Å²) in [6.45, 7) is 8.05. The van der Waals surface area contributed by atoms with E-state index < -0.39 is 0 Å².